The normalized spacial score (nSPS) is 17.0. The van der Waals surface area contributed by atoms with E-state index < -0.39 is 11.1 Å². The van der Waals surface area contributed by atoms with Crippen LogP contribution in [0.2, 0.25) is 0 Å². The van der Waals surface area contributed by atoms with Crippen LogP contribution in [0.4, 0.5) is 4.79 Å². The highest BCUT2D eigenvalue weighted by Crippen LogP contribution is 2.33. The van der Waals surface area contributed by atoms with Crippen LogP contribution in [0.1, 0.15) is 16.7 Å². The fraction of sp³-hybridized carbons (Fsp3) is 0.208. The molecule has 32 heavy (non-hydrogen) atoms. The number of carbonyl (C=O) groups excluding carboxylic acids is 3. The van der Waals surface area contributed by atoms with Crippen LogP contribution in [0.15, 0.2) is 60.0 Å². The van der Waals surface area contributed by atoms with Crippen molar-refractivity contribution in [3.05, 3.63) is 80.3 Å². The van der Waals surface area contributed by atoms with Crippen molar-refractivity contribution in [2.75, 3.05) is 19.7 Å². The minimum atomic E-state index is -0.437. The summed E-state index contributed by atoms with van der Waals surface area (Å²) in [5.74, 6) is 0.0681. The zero-order chi connectivity index (χ0) is 22.7. The van der Waals surface area contributed by atoms with Crippen LogP contribution in [0.25, 0.3) is 6.08 Å². The van der Waals surface area contributed by atoms with Crippen molar-refractivity contribution >= 4 is 57.5 Å². The Bertz CT molecular complexity index is 1130. The molecule has 1 fully saturated rings. The lowest BCUT2D eigenvalue weighted by atomic mass is 10.00. The van der Waals surface area contributed by atoms with E-state index in [2.05, 4.69) is 35.2 Å². The zero-order valence-corrected chi connectivity index (χ0v) is 20.2. The molecule has 0 spiro atoms. The van der Waals surface area contributed by atoms with Crippen molar-refractivity contribution in [3.63, 3.8) is 0 Å². The van der Waals surface area contributed by atoms with Gasteiger partial charge in [0, 0.05) is 13.1 Å². The number of carbonyl (C=O) groups is 3. The molecule has 0 bridgehead atoms. The molecule has 0 N–H and O–H groups in total. The molecule has 3 amide bonds. The number of thioether (sulfide) groups is 1. The number of nitrogens with zero attached hydrogens (tertiary/aromatic N) is 2. The minimum Gasteiger partial charge on any atom is -0.488 e. The third kappa shape index (κ3) is 4.91. The highest BCUT2D eigenvalue weighted by Gasteiger charge is 2.37. The van der Waals surface area contributed by atoms with Gasteiger partial charge in [0.2, 0.25) is 5.91 Å². The number of amides is 3. The summed E-state index contributed by atoms with van der Waals surface area (Å²) in [6.45, 7) is 4.88. The quantitative estimate of drug-likeness (QED) is 0.296. The van der Waals surface area contributed by atoms with Gasteiger partial charge >= 0.3 is 0 Å². The maximum Gasteiger partial charge on any atom is 0.294 e. The Morgan fingerprint density at radius 1 is 1.19 bits per heavy atom. The molecule has 0 aliphatic carbocycles. The largest absolute Gasteiger partial charge is 0.488 e. The number of hydrogen-bond donors (Lipinski definition) is 0. The molecule has 2 aliphatic rings. The van der Waals surface area contributed by atoms with E-state index in [1.807, 2.05) is 36.4 Å². The molecule has 8 heteroatoms. The Balaban J connectivity index is 1.43. The lowest BCUT2D eigenvalue weighted by Crippen LogP contribution is -2.44. The number of rotatable bonds is 6. The number of imide groups is 1. The molecular weight excluding hydrogens is 539 g/mol. The predicted octanol–water partition coefficient (Wildman–Crippen LogP) is 4.48. The van der Waals surface area contributed by atoms with Crippen molar-refractivity contribution in [1.82, 2.24) is 9.80 Å². The second-order valence-corrected chi connectivity index (χ2v) is 9.55. The van der Waals surface area contributed by atoms with Gasteiger partial charge in [-0.1, -0.05) is 43.0 Å². The molecule has 164 valence electrons. The van der Waals surface area contributed by atoms with Gasteiger partial charge in [-0.15, -0.1) is 0 Å². The number of ether oxygens (including phenoxy) is 1. The summed E-state index contributed by atoms with van der Waals surface area (Å²) in [6.07, 6.45) is 4.12. The van der Waals surface area contributed by atoms with Gasteiger partial charge < -0.3 is 9.64 Å². The van der Waals surface area contributed by atoms with Gasteiger partial charge in [0.1, 0.15) is 18.9 Å². The fourth-order valence-electron chi connectivity index (χ4n) is 3.60. The second kappa shape index (κ2) is 9.91. The molecular formula is C24H21IN2O4S. The third-order valence-electron chi connectivity index (χ3n) is 5.26. The molecule has 2 heterocycles. The molecule has 0 radical (unpaired) electrons. The van der Waals surface area contributed by atoms with Crippen LogP contribution in [0, 0.1) is 3.57 Å². The molecule has 0 atom stereocenters. The fourth-order valence-corrected chi connectivity index (χ4v) is 5.14. The van der Waals surface area contributed by atoms with Crippen molar-refractivity contribution in [2.24, 2.45) is 0 Å². The van der Waals surface area contributed by atoms with E-state index >= 15 is 0 Å². The summed E-state index contributed by atoms with van der Waals surface area (Å²) in [7, 11) is 0. The summed E-state index contributed by atoms with van der Waals surface area (Å²) in [6, 6.07) is 13.5. The van der Waals surface area contributed by atoms with Crippen LogP contribution >= 0.6 is 34.4 Å². The molecule has 0 unspecified atom stereocenters. The SMILES string of the molecule is C=CCOc1ccc(/C=C2\SC(=O)N(CC(=O)N3CCc4ccccc4C3)C2=O)cc1I. The Kier molecular flexibility index (Phi) is 7.00. The third-order valence-corrected chi connectivity index (χ3v) is 7.01. The van der Waals surface area contributed by atoms with E-state index in [0.29, 0.717) is 24.6 Å². The van der Waals surface area contributed by atoms with Gasteiger partial charge in [0.25, 0.3) is 11.1 Å². The first-order valence-electron chi connectivity index (χ1n) is 10.1. The first-order valence-corrected chi connectivity index (χ1v) is 12.0. The maximum atomic E-state index is 12.8. The lowest BCUT2D eigenvalue weighted by Gasteiger charge is -2.29. The van der Waals surface area contributed by atoms with E-state index in [1.54, 1.807) is 17.1 Å². The van der Waals surface area contributed by atoms with Crippen molar-refractivity contribution in [3.8, 4) is 5.75 Å². The predicted molar refractivity (Wildman–Crippen MR) is 133 cm³/mol. The summed E-state index contributed by atoms with van der Waals surface area (Å²) in [5, 5.41) is -0.423. The van der Waals surface area contributed by atoms with Gasteiger partial charge in [0.05, 0.1) is 8.48 Å². The van der Waals surface area contributed by atoms with Gasteiger partial charge in [-0.2, -0.15) is 0 Å². The number of halogens is 1. The van der Waals surface area contributed by atoms with Crippen LogP contribution in [0.3, 0.4) is 0 Å². The first-order chi connectivity index (χ1) is 15.5. The van der Waals surface area contributed by atoms with Gasteiger partial charge in [0.15, 0.2) is 0 Å². The molecule has 2 aromatic carbocycles. The van der Waals surface area contributed by atoms with Crippen LogP contribution in [0.5, 0.6) is 5.75 Å². The Labute approximate surface area is 204 Å². The molecule has 0 saturated carbocycles. The summed E-state index contributed by atoms with van der Waals surface area (Å²) < 4.78 is 6.45. The maximum absolute atomic E-state index is 12.8. The van der Waals surface area contributed by atoms with E-state index in [-0.39, 0.29) is 12.5 Å². The molecule has 1 saturated heterocycles. The van der Waals surface area contributed by atoms with E-state index in [0.717, 1.165) is 43.5 Å². The van der Waals surface area contributed by atoms with Crippen LogP contribution in [-0.2, 0) is 22.6 Å². The molecule has 2 aliphatic heterocycles. The standard InChI is InChI=1S/C24H21IN2O4S/c1-2-11-31-20-8-7-16(12-19(20)25)13-21-23(29)27(24(30)32-21)15-22(28)26-10-9-17-5-3-4-6-18(17)14-26/h2-8,12-13H,1,9-11,14-15H2/b21-13-. The van der Waals surface area contributed by atoms with E-state index in [9.17, 15) is 14.4 Å². The van der Waals surface area contributed by atoms with Crippen molar-refractivity contribution in [2.45, 2.75) is 13.0 Å². The molecule has 6 nitrogen and oxygen atoms in total. The van der Waals surface area contributed by atoms with Gasteiger partial charge in [-0.3, -0.25) is 19.3 Å². The van der Waals surface area contributed by atoms with E-state index in [4.69, 9.17) is 4.74 Å². The number of fused-ring (bicyclic) bond motifs is 1. The van der Waals surface area contributed by atoms with Gasteiger partial charge in [-0.05, 0) is 75.7 Å². The second-order valence-electron chi connectivity index (χ2n) is 7.39. The highest BCUT2D eigenvalue weighted by molar-refractivity contribution is 14.1. The monoisotopic (exact) mass is 560 g/mol. The first kappa shape index (κ1) is 22.6. The Morgan fingerprint density at radius 3 is 2.72 bits per heavy atom. The van der Waals surface area contributed by atoms with Crippen LogP contribution < -0.4 is 4.74 Å². The Hall–Kier alpha value is -2.59. The molecule has 0 aromatic heterocycles. The number of hydrogen-bond acceptors (Lipinski definition) is 5. The topological polar surface area (TPSA) is 66.9 Å². The van der Waals surface area contributed by atoms with E-state index in [1.165, 1.54) is 5.56 Å². The van der Waals surface area contributed by atoms with Crippen molar-refractivity contribution in [1.29, 1.82) is 0 Å². The minimum absolute atomic E-state index is 0.221. The molecule has 4 rings (SSSR count). The number of benzene rings is 2. The van der Waals surface area contributed by atoms with Crippen LogP contribution in [-0.4, -0.2) is 46.5 Å². The lowest BCUT2D eigenvalue weighted by molar-refractivity contribution is -0.136. The average Bonchev–Trinajstić information content (AvgIpc) is 3.05. The van der Waals surface area contributed by atoms with Gasteiger partial charge in [-0.25, -0.2) is 0 Å². The average molecular weight is 560 g/mol. The Morgan fingerprint density at radius 2 is 1.97 bits per heavy atom. The summed E-state index contributed by atoms with van der Waals surface area (Å²) in [4.78, 5) is 41.2. The smallest absolute Gasteiger partial charge is 0.294 e. The van der Waals surface area contributed by atoms with Crippen molar-refractivity contribution < 1.29 is 19.1 Å². The zero-order valence-electron chi connectivity index (χ0n) is 17.3. The summed E-state index contributed by atoms with van der Waals surface area (Å²) >= 11 is 3.02. The molecule has 2 aromatic rings. The highest BCUT2D eigenvalue weighted by atomic mass is 127. The summed E-state index contributed by atoms with van der Waals surface area (Å²) in [5.41, 5.74) is 3.13.